The molecule has 0 fully saturated rings. The summed E-state index contributed by atoms with van der Waals surface area (Å²) in [5.74, 6) is -0.0174. The van der Waals surface area contributed by atoms with Crippen LogP contribution < -0.4 is 11.2 Å². The van der Waals surface area contributed by atoms with Crippen LogP contribution in [0.2, 0.25) is 0 Å². The van der Waals surface area contributed by atoms with Crippen LogP contribution in [0.5, 0.6) is 5.75 Å². The van der Waals surface area contributed by atoms with Crippen LogP contribution >= 0.6 is 0 Å². The number of nitrogens with zero attached hydrogens (tertiary/aromatic N) is 1. The van der Waals surface area contributed by atoms with Crippen LogP contribution in [0.4, 0.5) is 0 Å². The molecule has 5 nitrogen and oxygen atoms in total. The minimum atomic E-state index is -0.505. The average Bonchev–Trinajstić information content (AvgIpc) is 2.41. The van der Waals surface area contributed by atoms with Crippen molar-refractivity contribution in [3.63, 3.8) is 0 Å². The maximum atomic E-state index is 12.3. The van der Waals surface area contributed by atoms with Gasteiger partial charge in [0, 0.05) is 0 Å². The van der Waals surface area contributed by atoms with Crippen LogP contribution in [-0.4, -0.2) is 14.7 Å². The van der Waals surface area contributed by atoms with E-state index in [1.54, 1.807) is 30.3 Å². The summed E-state index contributed by atoms with van der Waals surface area (Å²) in [4.78, 5) is 26.9. The van der Waals surface area contributed by atoms with Crippen molar-refractivity contribution in [3.05, 3.63) is 69.4 Å². The molecule has 2 N–H and O–H groups in total. The lowest BCUT2D eigenvalue weighted by molar-refractivity contribution is 0.476. The third-order valence-electron chi connectivity index (χ3n) is 2.90. The number of nitrogens with one attached hydrogen (secondary N) is 1. The molecule has 0 saturated heterocycles. The number of hydrogen-bond acceptors (Lipinski definition) is 3. The molecule has 2 aromatic carbocycles. The van der Waals surface area contributed by atoms with Gasteiger partial charge in [0.25, 0.3) is 5.56 Å². The molecule has 3 rings (SSSR count). The Kier molecular flexibility index (Phi) is 2.45. The molecule has 94 valence electrons. The van der Waals surface area contributed by atoms with Crippen molar-refractivity contribution in [2.75, 3.05) is 0 Å². The summed E-state index contributed by atoms with van der Waals surface area (Å²) in [6.45, 7) is 0. The summed E-state index contributed by atoms with van der Waals surface area (Å²) in [5.41, 5.74) is -0.0748. The van der Waals surface area contributed by atoms with E-state index in [4.69, 9.17) is 0 Å². The molecule has 1 aromatic heterocycles. The first-order chi connectivity index (χ1) is 9.16. The number of phenols is 1. The van der Waals surface area contributed by atoms with Gasteiger partial charge >= 0.3 is 5.69 Å². The van der Waals surface area contributed by atoms with E-state index in [0.29, 0.717) is 11.2 Å². The highest BCUT2D eigenvalue weighted by atomic mass is 16.3. The van der Waals surface area contributed by atoms with E-state index in [1.165, 1.54) is 18.2 Å². The fourth-order valence-electron chi connectivity index (χ4n) is 2.01. The summed E-state index contributed by atoms with van der Waals surface area (Å²) in [6, 6.07) is 12.9. The van der Waals surface area contributed by atoms with E-state index in [0.717, 1.165) is 4.57 Å². The molecule has 0 bridgehead atoms. The first-order valence-corrected chi connectivity index (χ1v) is 5.70. The first kappa shape index (κ1) is 11.3. The quantitative estimate of drug-likeness (QED) is 0.689. The molecule has 5 heteroatoms. The Balaban J connectivity index is 2.44. The number of aromatic hydroxyl groups is 1. The van der Waals surface area contributed by atoms with Gasteiger partial charge < -0.3 is 10.1 Å². The SMILES string of the molecule is O=c1[nH]c2ccc(O)cc2c(=O)n1-c1ccccc1. The topological polar surface area (TPSA) is 75.1 Å². The lowest BCUT2D eigenvalue weighted by Gasteiger charge is -2.06. The second-order valence-corrected chi connectivity index (χ2v) is 4.14. The van der Waals surface area contributed by atoms with Crippen LogP contribution in [0.25, 0.3) is 16.6 Å². The number of fused-ring (bicyclic) bond motifs is 1. The molecule has 3 aromatic rings. The molecule has 0 aliphatic rings. The van der Waals surface area contributed by atoms with Gasteiger partial charge in [-0.15, -0.1) is 0 Å². The van der Waals surface area contributed by atoms with Crippen molar-refractivity contribution in [2.24, 2.45) is 0 Å². The van der Waals surface area contributed by atoms with Gasteiger partial charge in [0.05, 0.1) is 16.6 Å². The van der Waals surface area contributed by atoms with E-state index >= 15 is 0 Å². The van der Waals surface area contributed by atoms with Crippen molar-refractivity contribution < 1.29 is 5.11 Å². The smallest absolute Gasteiger partial charge is 0.333 e. The van der Waals surface area contributed by atoms with E-state index in [2.05, 4.69) is 4.98 Å². The fourth-order valence-corrected chi connectivity index (χ4v) is 2.01. The zero-order chi connectivity index (χ0) is 13.4. The van der Waals surface area contributed by atoms with Crippen LogP contribution in [0.15, 0.2) is 58.1 Å². The Morgan fingerprint density at radius 3 is 2.47 bits per heavy atom. The lowest BCUT2D eigenvalue weighted by atomic mass is 10.2. The summed E-state index contributed by atoms with van der Waals surface area (Å²) in [6.07, 6.45) is 0. The van der Waals surface area contributed by atoms with E-state index < -0.39 is 11.2 Å². The number of aromatic amines is 1. The Morgan fingerprint density at radius 1 is 1.00 bits per heavy atom. The Morgan fingerprint density at radius 2 is 1.74 bits per heavy atom. The summed E-state index contributed by atoms with van der Waals surface area (Å²) in [7, 11) is 0. The highest BCUT2D eigenvalue weighted by Gasteiger charge is 2.09. The van der Waals surface area contributed by atoms with E-state index in [-0.39, 0.29) is 11.1 Å². The van der Waals surface area contributed by atoms with Gasteiger partial charge in [-0.1, -0.05) is 18.2 Å². The molecule has 0 radical (unpaired) electrons. The largest absolute Gasteiger partial charge is 0.508 e. The molecular weight excluding hydrogens is 244 g/mol. The predicted octanol–water partition coefficient (Wildman–Crippen LogP) is 1.38. The normalized spacial score (nSPS) is 10.7. The number of para-hydroxylation sites is 1. The number of aromatic nitrogens is 2. The Labute approximate surface area is 107 Å². The monoisotopic (exact) mass is 254 g/mol. The van der Waals surface area contributed by atoms with Gasteiger partial charge in [-0.2, -0.15) is 0 Å². The predicted molar refractivity (Wildman–Crippen MR) is 71.8 cm³/mol. The Bertz CT molecular complexity index is 863. The van der Waals surface area contributed by atoms with Crippen molar-refractivity contribution in [1.82, 2.24) is 9.55 Å². The molecule has 0 saturated carbocycles. The number of H-pyrrole nitrogens is 1. The zero-order valence-corrected chi connectivity index (χ0v) is 9.83. The van der Waals surface area contributed by atoms with Crippen LogP contribution in [0.1, 0.15) is 0 Å². The summed E-state index contributed by atoms with van der Waals surface area (Å²) >= 11 is 0. The lowest BCUT2D eigenvalue weighted by Crippen LogP contribution is -2.33. The van der Waals surface area contributed by atoms with E-state index in [1.807, 2.05) is 0 Å². The van der Waals surface area contributed by atoms with Crippen molar-refractivity contribution in [3.8, 4) is 11.4 Å². The zero-order valence-electron chi connectivity index (χ0n) is 9.83. The van der Waals surface area contributed by atoms with Gasteiger partial charge in [0.2, 0.25) is 0 Å². The van der Waals surface area contributed by atoms with E-state index in [9.17, 15) is 14.7 Å². The molecular formula is C14H10N2O3. The number of benzene rings is 2. The second kappa shape index (κ2) is 4.13. The van der Waals surface area contributed by atoms with Crippen molar-refractivity contribution in [1.29, 1.82) is 0 Å². The minimum absolute atomic E-state index is 0.0174. The van der Waals surface area contributed by atoms with Gasteiger partial charge in [-0.25, -0.2) is 9.36 Å². The van der Waals surface area contributed by atoms with Gasteiger partial charge in [0.1, 0.15) is 5.75 Å². The van der Waals surface area contributed by atoms with Crippen LogP contribution in [0, 0.1) is 0 Å². The molecule has 0 spiro atoms. The maximum absolute atomic E-state index is 12.3. The number of hydrogen-bond donors (Lipinski definition) is 2. The van der Waals surface area contributed by atoms with Crippen molar-refractivity contribution >= 4 is 10.9 Å². The Hall–Kier alpha value is -2.82. The molecule has 0 unspecified atom stereocenters. The molecule has 1 heterocycles. The third kappa shape index (κ3) is 1.81. The molecule has 0 aliphatic heterocycles. The molecule has 0 atom stereocenters. The summed E-state index contributed by atoms with van der Waals surface area (Å²) in [5, 5.41) is 9.71. The van der Waals surface area contributed by atoms with Gasteiger partial charge in [0.15, 0.2) is 0 Å². The highest BCUT2D eigenvalue weighted by Crippen LogP contribution is 2.14. The van der Waals surface area contributed by atoms with Crippen molar-refractivity contribution in [2.45, 2.75) is 0 Å². The highest BCUT2D eigenvalue weighted by molar-refractivity contribution is 5.79. The summed E-state index contributed by atoms with van der Waals surface area (Å²) < 4.78 is 1.04. The average molecular weight is 254 g/mol. The van der Waals surface area contributed by atoms with Crippen LogP contribution in [0.3, 0.4) is 0 Å². The van der Waals surface area contributed by atoms with Gasteiger partial charge in [-0.3, -0.25) is 4.79 Å². The number of phenolic OH excluding ortho intramolecular Hbond substituents is 1. The molecule has 0 amide bonds. The van der Waals surface area contributed by atoms with Crippen LogP contribution in [-0.2, 0) is 0 Å². The molecule has 0 aliphatic carbocycles. The second-order valence-electron chi connectivity index (χ2n) is 4.14. The maximum Gasteiger partial charge on any atom is 0.333 e. The molecule has 19 heavy (non-hydrogen) atoms. The fraction of sp³-hybridized carbons (Fsp3) is 0. The standard InChI is InChI=1S/C14H10N2O3/c17-10-6-7-12-11(8-10)13(18)16(14(19)15-12)9-4-2-1-3-5-9/h1-8,17H,(H,15,19). The first-order valence-electron chi connectivity index (χ1n) is 5.70. The number of rotatable bonds is 1. The minimum Gasteiger partial charge on any atom is -0.508 e. The van der Waals surface area contributed by atoms with Gasteiger partial charge in [-0.05, 0) is 30.3 Å². The third-order valence-corrected chi connectivity index (χ3v) is 2.90.